The Hall–Kier alpha value is -3.75. The van der Waals surface area contributed by atoms with Crippen LogP contribution in [0.2, 0.25) is 0 Å². The summed E-state index contributed by atoms with van der Waals surface area (Å²) in [6, 6.07) is -5.47. The van der Waals surface area contributed by atoms with Crippen molar-refractivity contribution in [2.24, 2.45) is 28.9 Å². The number of aliphatic carboxylic acids is 1. The molecule has 0 aliphatic carbocycles. The molecule has 0 aromatic heterocycles. The molecular formula is C20H35N7O8. The van der Waals surface area contributed by atoms with Crippen molar-refractivity contribution in [3.63, 3.8) is 0 Å². The summed E-state index contributed by atoms with van der Waals surface area (Å²) in [5.74, 6) is -6.99. The van der Waals surface area contributed by atoms with Gasteiger partial charge in [-0.1, -0.05) is 20.3 Å². The molecule has 35 heavy (non-hydrogen) atoms. The molecule has 0 aliphatic heterocycles. The number of carboxylic acid groups (broad SMARTS) is 1. The molecule has 12 N–H and O–H groups in total. The topological polar surface area (TPSA) is 280 Å². The number of hydrogen-bond acceptors (Lipinski definition) is 8. The van der Waals surface area contributed by atoms with Crippen molar-refractivity contribution in [2.75, 3.05) is 0 Å². The number of nitrogens with two attached hydrogens (primary N) is 4. The number of carbonyl (C=O) groups excluding carboxylic acids is 6. The number of hydrogen-bond donors (Lipinski definition) is 8. The van der Waals surface area contributed by atoms with E-state index in [9.17, 15) is 38.7 Å². The lowest BCUT2D eigenvalue weighted by atomic mass is 9.98. The largest absolute Gasteiger partial charge is 0.480 e. The molecule has 0 fully saturated rings. The molecule has 15 nitrogen and oxygen atoms in total. The van der Waals surface area contributed by atoms with Gasteiger partial charge in [-0.2, -0.15) is 0 Å². The molecule has 5 atom stereocenters. The average Bonchev–Trinajstić information content (AvgIpc) is 2.76. The van der Waals surface area contributed by atoms with Gasteiger partial charge in [0.2, 0.25) is 35.4 Å². The van der Waals surface area contributed by atoms with Crippen LogP contribution in [0.25, 0.3) is 0 Å². The number of carboxylic acids is 1. The van der Waals surface area contributed by atoms with Crippen LogP contribution in [0.5, 0.6) is 0 Å². The van der Waals surface area contributed by atoms with Crippen molar-refractivity contribution in [3.05, 3.63) is 0 Å². The Labute approximate surface area is 202 Å². The average molecular weight is 502 g/mol. The van der Waals surface area contributed by atoms with Crippen LogP contribution in [0.1, 0.15) is 52.4 Å². The molecule has 0 bridgehead atoms. The van der Waals surface area contributed by atoms with E-state index in [1.165, 1.54) is 0 Å². The third kappa shape index (κ3) is 12.3. The molecular weight excluding hydrogens is 466 g/mol. The first-order valence-electron chi connectivity index (χ1n) is 10.9. The van der Waals surface area contributed by atoms with Crippen molar-refractivity contribution >= 4 is 41.4 Å². The van der Waals surface area contributed by atoms with E-state index in [2.05, 4.69) is 16.0 Å². The summed E-state index contributed by atoms with van der Waals surface area (Å²) in [4.78, 5) is 82.9. The maximum absolute atomic E-state index is 12.8. The molecule has 0 radical (unpaired) electrons. The van der Waals surface area contributed by atoms with Crippen LogP contribution in [-0.4, -0.2) is 70.7 Å². The fourth-order valence-electron chi connectivity index (χ4n) is 2.88. The van der Waals surface area contributed by atoms with Crippen molar-refractivity contribution < 1.29 is 38.7 Å². The maximum Gasteiger partial charge on any atom is 0.326 e. The zero-order valence-corrected chi connectivity index (χ0v) is 19.7. The first kappa shape index (κ1) is 31.2. The van der Waals surface area contributed by atoms with Crippen molar-refractivity contribution in [3.8, 4) is 0 Å². The molecule has 0 aromatic carbocycles. The van der Waals surface area contributed by atoms with E-state index in [0.29, 0.717) is 6.42 Å². The minimum Gasteiger partial charge on any atom is -0.480 e. The van der Waals surface area contributed by atoms with Crippen LogP contribution in [-0.2, 0) is 33.6 Å². The third-order valence-electron chi connectivity index (χ3n) is 5.17. The lowest BCUT2D eigenvalue weighted by molar-refractivity contribution is -0.144. The Kier molecular flexibility index (Phi) is 13.6. The summed E-state index contributed by atoms with van der Waals surface area (Å²) in [5.41, 5.74) is 20.9. The van der Waals surface area contributed by atoms with E-state index in [0.717, 1.165) is 0 Å². The quantitative estimate of drug-likeness (QED) is 0.0971. The molecule has 0 saturated heterocycles. The Balaban J connectivity index is 5.62. The number of primary amides is 3. The minimum atomic E-state index is -1.55. The minimum absolute atomic E-state index is 0.123. The first-order chi connectivity index (χ1) is 16.2. The van der Waals surface area contributed by atoms with Crippen LogP contribution >= 0.6 is 0 Å². The fraction of sp³-hybridized carbons (Fsp3) is 0.650. The van der Waals surface area contributed by atoms with Crippen LogP contribution < -0.4 is 38.9 Å². The molecule has 0 aliphatic rings. The third-order valence-corrected chi connectivity index (χ3v) is 5.17. The molecule has 0 heterocycles. The summed E-state index contributed by atoms with van der Waals surface area (Å²) >= 11 is 0. The van der Waals surface area contributed by atoms with Gasteiger partial charge in [-0.25, -0.2) is 4.79 Å². The van der Waals surface area contributed by atoms with E-state index < -0.39 is 77.9 Å². The standard InChI is InChI=1S/C20H35N7O8/c1-3-9(2)16(20(34)35)27-18(32)11(5-7-14(23)29)25-19(33)12(8-15(24)30)26-17(31)10(21)4-6-13(22)28/h9-12,16H,3-8,21H2,1-2H3,(H2,22,28)(H2,23,29)(H2,24,30)(H,25,33)(H,26,31)(H,27,32)(H,34,35). The number of rotatable bonds is 17. The van der Waals surface area contributed by atoms with E-state index in [-0.39, 0.29) is 25.7 Å². The second kappa shape index (κ2) is 15.2. The fourth-order valence-corrected chi connectivity index (χ4v) is 2.88. The predicted molar refractivity (Wildman–Crippen MR) is 122 cm³/mol. The number of carbonyl (C=O) groups is 7. The van der Waals surface area contributed by atoms with Crippen molar-refractivity contribution in [1.82, 2.24) is 16.0 Å². The van der Waals surface area contributed by atoms with Crippen LogP contribution in [0.4, 0.5) is 0 Å². The summed E-state index contributed by atoms with van der Waals surface area (Å²) in [5, 5.41) is 16.2. The second-order valence-corrected chi connectivity index (χ2v) is 8.12. The molecule has 15 heteroatoms. The lowest BCUT2D eigenvalue weighted by Gasteiger charge is -2.26. The normalized spacial score (nSPS) is 14.9. The highest BCUT2D eigenvalue weighted by Gasteiger charge is 2.32. The van der Waals surface area contributed by atoms with Gasteiger partial charge in [0, 0.05) is 12.8 Å². The van der Waals surface area contributed by atoms with E-state index in [1.54, 1.807) is 13.8 Å². The van der Waals surface area contributed by atoms with Crippen LogP contribution in [0, 0.1) is 5.92 Å². The van der Waals surface area contributed by atoms with Gasteiger partial charge in [0.25, 0.3) is 0 Å². The van der Waals surface area contributed by atoms with Gasteiger partial charge in [-0.3, -0.25) is 28.8 Å². The highest BCUT2D eigenvalue weighted by molar-refractivity contribution is 5.96. The second-order valence-electron chi connectivity index (χ2n) is 8.12. The van der Waals surface area contributed by atoms with Gasteiger partial charge in [0.15, 0.2) is 0 Å². The Morgan fingerprint density at radius 1 is 0.743 bits per heavy atom. The van der Waals surface area contributed by atoms with Crippen molar-refractivity contribution in [1.29, 1.82) is 0 Å². The van der Waals surface area contributed by atoms with Gasteiger partial charge in [0.05, 0.1) is 12.5 Å². The van der Waals surface area contributed by atoms with E-state index in [4.69, 9.17) is 22.9 Å². The summed E-state index contributed by atoms with van der Waals surface area (Å²) in [7, 11) is 0. The number of nitrogens with one attached hydrogen (secondary N) is 3. The summed E-state index contributed by atoms with van der Waals surface area (Å²) in [6.45, 7) is 3.33. The first-order valence-corrected chi connectivity index (χ1v) is 10.9. The highest BCUT2D eigenvalue weighted by Crippen LogP contribution is 2.09. The SMILES string of the molecule is CCC(C)C(NC(=O)C(CCC(N)=O)NC(=O)C(CC(N)=O)NC(=O)C(N)CCC(N)=O)C(=O)O. The molecule has 5 unspecified atom stereocenters. The highest BCUT2D eigenvalue weighted by atomic mass is 16.4. The smallest absolute Gasteiger partial charge is 0.326 e. The number of amides is 6. The van der Waals surface area contributed by atoms with Crippen LogP contribution in [0.3, 0.4) is 0 Å². The maximum atomic E-state index is 12.8. The lowest BCUT2D eigenvalue weighted by Crippen LogP contribution is -2.58. The molecule has 0 spiro atoms. The molecule has 0 rings (SSSR count). The molecule has 0 aromatic rings. The molecule has 6 amide bonds. The Morgan fingerprint density at radius 2 is 1.23 bits per heavy atom. The molecule has 198 valence electrons. The van der Waals surface area contributed by atoms with Gasteiger partial charge in [-0.05, 0) is 18.8 Å². The van der Waals surface area contributed by atoms with Gasteiger partial charge in [-0.15, -0.1) is 0 Å². The van der Waals surface area contributed by atoms with Crippen LogP contribution in [0.15, 0.2) is 0 Å². The van der Waals surface area contributed by atoms with E-state index in [1.807, 2.05) is 0 Å². The summed E-state index contributed by atoms with van der Waals surface area (Å²) < 4.78 is 0. The van der Waals surface area contributed by atoms with E-state index >= 15 is 0 Å². The van der Waals surface area contributed by atoms with Gasteiger partial charge < -0.3 is 44.0 Å². The summed E-state index contributed by atoms with van der Waals surface area (Å²) in [6.07, 6.45) is -1.16. The zero-order chi connectivity index (χ0) is 27.3. The Morgan fingerprint density at radius 3 is 1.69 bits per heavy atom. The zero-order valence-electron chi connectivity index (χ0n) is 19.7. The van der Waals surface area contributed by atoms with Crippen molar-refractivity contribution in [2.45, 2.75) is 76.5 Å². The monoisotopic (exact) mass is 501 g/mol. The van der Waals surface area contributed by atoms with Gasteiger partial charge in [0.1, 0.15) is 18.1 Å². The Bertz CT molecular complexity index is 819. The predicted octanol–water partition coefficient (Wildman–Crippen LogP) is -3.69. The molecule has 0 saturated carbocycles. The van der Waals surface area contributed by atoms with Gasteiger partial charge >= 0.3 is 5.97 Å².